The molecular weight excluding hydrogens is 288 g/mol. The Morgan fingerprint density at radius 2 is 1.39 bits per heavy atom. The Bertz CT molecular complexity index is 693. The standard InChI is InChI=1S/C20H22O3/c1-20(13-5-3-2-4-6-13)16-9-7-14(21)11-18(16)23-19-12-15(22)8-10-17(19)20/h7-13,21-22H,2-6H2,1H3. The average molecular weight is 310 g/mol. The van der Waals surface area contributed by atoms with Crippen LogP contribution in [0.25, 0.3) is 0 Å². The first-order valence-corrected chi connectivity index (χ1v) is 8.44. The number of rotatable bonds is 1. The molecule has 1 saturated carbocycles. The quantitative estimate of drug-likeness (QED) is 0.771. The lowest BCUT2D eigenvalue weighted by molar-refractivity contribution is 0.235. The Hall–Kier alpha value is -2.16. The maximum Gasteiger partial charge on any atom is 0.135 e. The molecule has 0 aromatic heterocycles. The monoisotopic (exact) mass is 310 g/mol. The number of hydrogen-bond donors (Lipinski definition) is 2. The molecule has 4 rings (SSSR count). The van der Waals surface area contributed by atoms with E-state index in [1.807, 2.05) is 12.1 Å². The summed E-state index contributed by atoms with van der Waals surface area (Å²) in [6.45, 7) is 2.29. The second kappa shape index (κ2) is 5.19. The molecule has 0 unspecified atom stereocenters. The van der Waals surface area contributed by atoms with Gasteiger partial charge in [0.05, 0.1) is 0 Å². The van der Waals surface area contributed by atoms with E-state index in [9.17, 15) is 10.2 Å². The molecule has 1 aliphatic heterocycles. The summed E-state index contributed by atoms with van der Waals surface area (Å²) in [7, 11) is 0. The summed E-state index contributed by atoms with van der Waals surface area (Å²) in [6.07, 6.45) is 6.26. The Morgan fingerprint density at radius 3 is 1.91 bits per heavy atom. The van der Waals surface area contributed by atoms with Gasteiger partial charge in [-0.2, -0.15) is 0 Å². The van der Waals surface area contributed by atoms with E-state index in [4.69, 9.17) is 4.74 Å². The minimum absolute atomic E-state index is 0.148. The minimum atomic E-state index is -0.148. The van der Waals surface area contributed by atoms with Crippen molar-refractivity contribution >= 4 is 0 Å². The summed E-state index contributed by atoms with van der Waals surface area (Å²) >= 11 is 0. The third kappa shape index (κ3) is 2.18. The third-order valence-electron chi connectivity index (χ3n) is 5.69. The molecule has 0 amide bonds. The zero-order valence-corrected chi connectivity index (χ0v) is 13.4. The number of phenols is 2. The molecule has 120 valence electrons. The van der Waals surface area contributed by atoms with Crippen LogP contribution in [0.4, 0.5) is 0 Å². The van der Waals surface area contributed by atoms with Crippen LogP contribution < -0.4 is 4.74 Å². The first kappa shape index (κ1) is 14.4. The van der Waals surface area contributed by atoms with E-state index in [0.29, 0.717) is 17.4 Å². The highest BCUT2D eigenvalue weighted by Crippen LogP contribution is 2.55. The summed E-state index contributed by atoms with van der Waals surface area (Å²) in [6, 6.07) is 10.8. The normalized spacial score (nSPS) is 19.5. The molecule has 1 aliphatic carbocycles. The number of ether oxygens (including phenoxy) is 1. The first-order valence-electron chi connectivity index (χ1n) is 8.44. The number of phenolic OH excluding ortho intramolecular Hbond substituents is 2. The first-order chi connectivity index (χ1) is 11.1. The molecule has 3 nitrogen and oxygen atoms in total. The summed E-state index contributed by atoms with van der Waals surface area (Å²) in [4.78, 5) is 0. The van der Waals surface area contributed by atoms with Crippen LogP contribution in [-0.4, -0.2) is 10.2 Å². The maximum absolute atomic E-state index is 9.84. The third-order valence-corrected chi connectivity index (χ3v) is 5.69. The number of hydrogen-bond acceptors (Lipinski definition) is 3. The smallest absolute Gasteiger partial charge is 0.135 e. The van der Waals surface area contributed by atoms with Crippen LogP contribution >= 0.6 is 0 Å². The summed E-state index contributed by atoms with van der Waals surface area (Å²) in [5.74, 6) is 2.37. The highest BCUT2D eigenvalue weighted by atomic mass is 16.5. The zero-order valence-electron chi connectivity index (χ0n) is 13.4. The van der Waals surface area contributed by atoms with Crippen LogP contribution in [-0.2, 0) is 5.41 Å². The Labute approximate surface area is 136 Å². The summed E-state index contributed by atoms with van der Waals surface area (Å²) < 4.78 is 6.01. The molecule has 2 aromatic rings. The van der Waals surface area contributed by atoms with E-state index < -0.39 is 0 Å². The fourth-order valence-electron chi connectivity index (χ4n) is 4.43. The van der Waals surface area contributed by atoms with Crippen LogP contribution in [0.1, 0.15) is 50.2 Å². The van der Waals surface area contributed by atoms with Gasteiger partial charge in [0.25, 0.3) is 0 Å². The number of fused-ring (bicyclic) bond motifs is 2. The second-order valence-electron chi connectivity index (χ2n) is 7.00. The topological polar surface area (TPSA) is 49.7 Å². The van der Waals surface area contributed by atoms with Gasteiger partial charge in [-0.1, -0.05) is 38.3 Å². The van der Waals surface area contributed by atoms with Gasteiger partial charge < -0.3 is 14.9 Å². The van der Waals surface area contributed by atoms with Gasteiger partial charge in [0, 0.05) is 28.7 Å². The van der Waals surface area contributed by atoms with E-state index in [2.05, 4.69) is 6.92 Å². The van der Waals surface area contributed by atoms with Crippen molar-refractivity contribution in [2.45, 2.75) is 44.4 Å². The number of aromatic hydroxyl groups is 2. The SMILES string of the molecule is CC1(C2CCCCC2)c2ccc(O)cc2Oc2cc(O)ccc21. The summed E-state index contributed by atoms with van der Waals surface area (Å²) in [5, 5.41) is 19.7. The molecule has 1 heterocycles. The highest BCUT2D eigenvalue weighted by molar-refractivity contribution is 5.60. The van der Waals surface area contributed by atoms with Crippen LogP contribution in [0.3, 0.4) is 0 Å². The highest BCUT2D eigenvalue weighted by Gasteiger charge is 2.44. The summed E-state index contributed by atoms with van der Waals surface area (Å²) in [5.41, 5.74) is 2.13. The van der Waals surface area contributed by atoms with Gasteiger partial charge in [-0.3, -0.25) is 0 Å². The van der Waals surface area contributed by atoms with Crippen molar-refractivity contribution in [2.75, 3.05) is 0 Å². The van der Waals surface area contributed by atoms with E-state index in [1.54, 1.807) is 24.3 Å². The molecule has 0 atom stereocenters. The van der Waals surface area contributed by atoms with Crippen molar-refractivity contribution < 1.29 is 14.9 Å². The van der Waals surface area contributed by atoms with Crippen molar-refractivity contribution in [2.24, 2.45) is 5.92 Å². The largest absolute Gasteiger partial charge is 0.508 e. The van der Waals surface area contributed by atoms with E-state index in [-0.39, 0.29) is 16.9 Å². The van der Waals surface area contributed by atoms with Crippen molar-refractivity contribution in [1.29, 1.82) is 0 Å². The van der Waals surface area contributed by atoms with Gasteiger partial charge in [-0.25, -0.2) is 0 Å². The zero-order chi connectivity index (χ0) is 16.0. The minimum Gasteiger partial charge on any atom is -0.508 e. The van der Waals surface area contributed by atoms with Crippen LogP contribution in [0.2, 0.25) is 0 Å². The molecule has 3 heteroatoms. The van der Waals surface area contributed by atoms with Crippen molar-refractivity contribution in [3.8, 4) is 23.0 Å². The van der Waals surface area contributed by atoms with Gasteiger partial charge in [0.2, 0.25) is 0 Å². The lowest BCUT2D eigenvalue weighted by Gasteiger charge is -2.44. The van der Waals surface area contributed by atoms with E-state index in [0.717, 1.165) is 11.1 Å². The number of benzene rings is 2. The molecule has 0 radical (unpaired) electrons. The van der Waals surface area contributed by atoms with Crippen molar-refractivity contribution in [3.05, 3.63) is 47.5 Å². The molecule has 23 heavy (non-hydrogen) atoms. The molecular formula is C20H22O3. The van der Waals surface area contributed by atoms with Crippen molar-refractivity contribution in [3.63, 3.8) is 0 Å². The molecule has 0 spiro atoms. The van der Waals surface area contributed by atoms with Crippen molar-refractivity contribution in [1.82, 2.24) is 0 Å². The predicted molar refractivity (Wildman–Crippen MR) is 89.3 cm³/mol. The molecule has 2 aliphatic rings. The Kier molecular flexibility index (Phi) is 3.26. The van der Waals surface area contributed by atoms with E-state index >= 15 is 0 Å². The van der Waals surface area contributed by atoms with Gasteiger partial charge in [-0.15, -0.1) is 0 Å². The molecule has 2 aromatic carbocycles. The van der Waals surface area contributed by atoms with Gasteiger partial charge in [0.1, 0.15) is 23.0 Å². The second-order valence-corrected chi connectivity index (χ2v) is 7.00. The molecule has 0 bridgehead atoms. The van der Waals surface area contributed by atoms with Crippen LogP contribution in [0, 0.1) is 5.92 Å². The molecule has 1 fully saturated rings. The van der Waals surface area contributed by atoms with Crippen LogP contribution in [0.15, 0.2) is 36.4 Å². The maximum atomic E-state index is 9.84. The van der Waals surface area contributed by atoms with Gasteiger partial charge in [-0.05, 0) is 30.9 Å². The van der Waals surface area contributed by atoms with Crippen LogP contribution in [0.5, 0.6) is 23.0 Å². The predicted octanol–water partition coefficient (Wildman–Crippen LogP) is 5.09. The molecule has 0 saturated heterocycles. The Morgan fingerprint density at radius 1 is 0.870 bits per heavy atom. The lowest BCUT2D eigenvalue weighted by atomic mass is 9.61. The fraction of sp³-hybridized carbons (Fsp3) is 0.400. The van der Waals surface area contributed by atoms with E-state index in [1.165, 1.54) is 32.1 Å². The Balaban J connectivity index is 1.93. The van der Waals surface area contributed by atoms with Gasteiger partial charge in [0.15, 0.2) is 0 Å². The molecule has 2 N–H and O–H groups in total. The van der Waals surface area contributed by atoms with Gasteiger partial charge >= 0.3 is 0 Å². The lowest BCUT2D eigenvalue weighted by Crippen LogP contribution is -2.37. The average Bonchev–Trinajstić information content (AvgIpc) is 2.55. The fourth-order valence-corrected chi connectivity index (χ4v) is 4.43.